The molecule has 0 saturated heterocycles. The Morgan fingerprint density at radius 2 is 1.63 bits per heavy atom. The number of nitrogens with zero attached hydrogens (tertiary/aromatic N) is 1. The molecule has 0 radical (unpaired) electrons. The van der Waals surface area contributed by atoms with Gasteiger partial charge in [0.1, 0.15) is 11.9 Å². The van der Waals surface area contributed by atoms with Gasteiger partial charge < -0.3 is 39.0 Å². The summed E-state index contributed by atoms with van der Waals surface area (Å²) in [7, 11) is 1.00. The molecule has 3 rings (SSSR count). The van der Waals surface area contributed by atoms with Gasteiger partial charge in [-0.05, 0) is 42.3 Å². The first-order valence-corrected chi connectivity index (χ1v) is 9.36. The van der Waals surface area contributed by atoms with Crippen molar-refractivity contribution in [2.45, 2.75) is 25.3 Å². The fourth-order valence-corrected chi connectivity index (χ4v) is 2.89. The third kappa shape index (κ3) is 7.54. The van der Waals surface area contributed by atoms with E-state index in [1.54, 1.807) is 6.92 Å². The second kappa shape index (κ2) is 13.1. The van der Waals surface area contributed by atoms with Crippen LogP contribution in [0.5, 0.6) is 5.75 Å². The van der Waals surface area contributed by atoms with Crippen molar-refractivity contribution in [3.05, 3.63) is 80.3 Å². The first-order valence-electron chi connectivity index (χ1n) is 9.36. The Morgan fingerprint density at radius 1 is 1.07 bits per heavy atom. The van der Waals surface area contributed by atoms with Gasteiger partial charge in [-0.15, -0.1) is 0 Å². The van der Waals surface area contributed by atoms with Gasteiger partial charge in [-0.1, -0.05) is 36.1 Å². The number of benzene rings is 2. The molecule has 0 amide bonds. The van der Waals surface area contributed by atoms with Crippen LogP contribution >= 0.6 is 0 Å². The number of ether oxygens (including phenoxy) is 1. The summed E-state index contributed by atoms with van der Waals surface area (Å²) in [5, 5.41) is 19.8. The maximum Gasteiger partial charge on any atom is 2.00 e. The van der Waals surface area contributed by atoms with E-state index in [1.807, 2.05) is 53.7 Å². The summed E-state index contributed by atoms with van der Waals surface area (Å²) in [6, 6.07) is 16.0. The summed E-state index contributed by atoms with van der Waals surface area (Å²) < 4.78 is 5.46. The minimum absolute atomic E-state index is 0. The van der Waals surface area contributed by atoms with E-state index in [4.69, 9.17) is 9.84 Å². The molecule has 0 bridgehead atoms. The standard InChI is InChI=1S/C23H24N2O2.CH4O.W/c1-17(2)27-22-12-10-21(11-13-22)20-8-6-19(7-9-20)5-4-15-25-16-14-24-23(25)18(3)26;1-2;/h6-14,16-18,23-24,26H,1-2,15H2,3H3;2H,1H3;/q-2;;+2. The van der Waals surface area contributed by atoms with E-state index in [0.29, 0.717) is 6.54 Å². The Kier molecular flexibility index (Phi) is 11.3. The second-order valence-electron chi connectivity index (χ2n) is 6.48. The maximum absolute atomic E-state index is 9.73. The van der Waals surface area contributed by atoms with Crippen LogP contribution in [0.15, 0.2) is 60.9 Å². The summed E-state index contributed by atoms with van der Waals surface area (Å²) >= 11 is 0. The van der Waals surface area contributed by atoms with Crippen LogP contribution in [0.4, 0.5) is 0 Å². The molecule has 2 atom stereocenters. The monoisotopic (exact) mass is 576 g/mol. The molecule has 158 valence electrons. The summed E-state index contributed by atoms with van der Waals surface area (Å²) in [6.45, 7) is 9.76. The predicted molar refractivity (Wildman–Crippen MR) is 116 cm³/mol. The molecule has 0 fully saturated rings. The molecular formula is C24H28N2O3W. The fraction of sp³-hybridized carbons (Fsp3) is 0.250. The third-order valence-corrected chi connectivity index (χ3v) is 4.22. The van der Waals surface area contributed by atoms with Gasteiger partial charge in [-0.3, -0.25) is 0 Å². The first kappa shape index (κ1) is 25.8. The van der Waals surface area contributed by atoms with Crippen LogP contribution in [0.2, 0.25) is 0 Å². The second-order valence-corrected chi connectivity index (χ2v) is 6.48. The van der Waals surface area contributed by atoms with Crippen LogP contribution in [-0.2, 0) is 21.1 Å². The van der Waals surface area contributed by atoms with Gasteiger partial charge in [-0.2, -0.15) is 6.10 Å². The third-order valence-electron chi connectivity index (χ3n) is 4.22. The number of hydrogen-bond acceptors (Lipinski definition) is 5. The van der Waals surface area contributed by atoms with Crippen molar-refractivity contribution in [3.8, 4) is 28.7 Å². The number of hydrogen-bond donors (Lipinski definition) is 3. The van der Waals surface area contributed by atoms with E-state index in [1.165, 1.54) is 0 Å². The first-order chi connectivity index (χ1) is 14.0. The van der Waals surface area contributed by atoms with Crippen molar-refractivity contribution in [1.29, 1.82) is 0 Å². The van der Waals surface area contributed by atoms with E-state index < -0.39 is 6.10 Å². The molecule has 1 aliphatic heterocycles. The van der Waals surface area contributed by atoms with E-state index in [-0.39, 0.29) is 33.3 Å². The summed E-state index contributed by atoms with van der Waals surface area (Å²) in [5.41, 5.74) is 3.19. The Morgan fingerprint density at radius 3 is 2.17 bits per heavy atom. The quantitative estimate of drug-likeness (QED) is 0.378. The van der Waals surface area contributed by atoms with Crippen LogP contribution in [0, 0.1) is 25.7 Å². The van der Waals surface area contributed by atoms with Gasteiger partial charge in [0.2, 0.25) is 0 Å². The molecule has 0 spiro atoms. The molecule has 30 heavy (non-hydrogen) atoms. The molecule has 0 aromatic heterocycles. The summed E-state index contributed by atoms with van der Waals surface area (Å²) in [6.07, 6.45) is 2.84. The minimum Gasteiger partial charge on any atom is -0.553 e. The molecule has 6 heteroatoms. The molecule has 0 aliphatic carbocycles. The number of aliphatic hydroxyl groups is 2. The van der Waals surface area contributed by atoms with Gasteiger partial charge in [0.15, 0.2) is 0 Å². The average molecular weight is 576 g/mol. The predicted octanol–water partition coefficient (Wildman–Crippen LogP) is 2.81. The molecule has 1 heterocycles. The molecule has 2 aromatic carbocycles. The molecule has 3 N–H and O–H groups in total. The van der Waals surface area contributed by atoms with Gasteiger partial charge >= 0.3 is 21.1 Å². The summed E-state index contributed by atoms with van der Waals surface area (Å²) in [4.78, 5) is 1.98. The van der Waals surface area contributed by atoms with Crippen molar-refractivity contribution >= 4 is 0 Å². The van der Waals surface area contributed by atoms with Crippen molar-refractivity contribution < 1.29 is 36.0 Å². The van der Waals surface area contributed by atoms with Crippen LogP contribution in [0.1, 0.15) is 12.5 Å². The zero-order chi connectivity index (χ0) is 21.2. The normalized spacial score (nSPS) is 15.2. The Balaban J connectivity index is 0.00000146. The van der Waals surface area contributed by atoms with Crippen LogP contribution in [-0.4, -0.2) is 47.1 Å². The van der Waals surface area contributed by atoms with Crippen molar-refractivity contribution in [2.75, 3.05) is 13.7 Å². The van der Waals surface area contributed by atoms with Crippen LogP contribution < -0.4 is 10.1 Å². The Bertz CT molecular complexity index is 837. The van der Waals surface area contributed by atoms with E-state index in [0.717, 1.165) is 29.5 Å². The van der Waals surface area contributed by atoms with E-state index in [2.05, 4.69) is 43.1 Å². The van der Waals surface area contributed by atoms with E-state index in [9.17, 15) is 5.11 Å². The number of nitrogens with one attached hydrogen (secondary N) is 1. The van der Waals surface area contributed by atoms with Crippen molar-refractivity contribution in [3.63, 3.8) is 0 Å². The van der Waals surface area contributed by atoms with E-state index >= 15 is 0 Å². The molecule has 0 saturated carbocycles. The molecule has 2 aromatic rings. The molecule has 2 unspecified atom stereocenters. The number of aliphatic hydroxyl groups excluding tert-OH is 2. The van der Waals surface area contributed by atoms with Crippen molar-refractivity contribution in [2.24, 2.45) is 0 Å². The largest absolute Gasteiger partial charge is 2.00 e. The van der Waals surface area contributed by atoms with Gasteiger partial charge in [0.25, 0.3) is 0 Å². The molecular weight excluding hydrogens is 548 g/mol. The van der Waals surface area contributed by atoms with Crippen LogP contribution in [0.3, 0.4) is 0 Å². The molecule has 1 aliphatic rings. The fourth-order valence-electron chi connectivity index (χ4n) is 2.89. The van der Waals surface area contributed by atoms with Crippen LogP contribution in [0.25, 0.3) is 11.1 Å². The van der Waals surface area contributed by atoms with Gasteiger partial charge in [0, 0.05) is 25.1 Å². The SMILES string of the molecule is CO.[CH2-]C([CH2-])Oc1ccc(-c2ccc(C#CCN3C=CNC3C(C)O)cc2)cc1.[W+2]. The van der Waals surface area contributed by atoms with Gasteiger partial charge in [0.05, 0.1) is 12.6 Å². The minimum atomic E-state index is -0.467. The zero-order valence-corrected chi connectivity index (χ0v) is 20.2. The smallest absolute Gasteiger partial charge is 0.553 e. The Labute approximate surface area is 194 Å². The zero-order valence-electron chi connectivity index (χ0n) is 17.3. The average Bonchev–Trinajstić information content (AvgIpc) is 3.19. The van der Waals surface area contributed by atoms with Gasteiger partial charge in [-0.25, -0.2) is 0 Å². The maximum atomic E-state index is 9.73. The Hall–Kier alpha value is -2.25. The topological polar surface area (TPSA) is 65.0 Å². The summed E-state index contributed by atoms with van der Waals surface area (Å²) in [5.74, 6) is 7.09. The van der Waals surface area contributed by atoms with Crippen molar-refractivity contribution in [1.82, 2.24) is 10.2 Å². The molecule has 5 nitrogen and oxygen atoms in total. The number of rotatable bonds is 5.